The maximum atomic E-state index is 12.8. The zero-order chi connectivity index (χ0) is 19.3. The highest BCUT2D eigenvalue weighted by Gasteiger charge is 2.31. The van der Waals surface area contributed by atoms with Crippen molar-refractivity contribution in [3.8, 4) is 0 Å². The highest BCUT2D eigenvalue weighted by Crippen LogP contribution is 2.26. The number of carbonyl (C=O) groups excluding carboxylic acids is 2. The zero-order valence-electron chi connectivity index (χ0n) is 15.4. The van der Waals surface area contributed by atoms with Gasteiger partial charge in [-0.3, -0.25) is 4.79 Å². The number of piperidine rings is 1. The summed E-state index contributed by atoms with van der Waals surface area (Å²) in [5.41, 5.74) is 0.202. The van der Waals surface area contributed by atoms with Gasteiger partial charge in [0.1, 0.15) is 0 Å². The van der Waals surface area contributed by atoms with Crippen LogP contribution in [0.3, 0.4) is 0 Å². The van der Waals surface area contributed by atoms with E-state index in [2.05, 4.69) is 5.32 Å². The van der Waals surface area contributed by atoms with E-state index in [4.69, 9.17) is 4.74 Å². The van der Waals surface area contributed by atoms with Gasteiger partial charge < -0.3 is 10.1 Å². The third-order valence-corrected chi connectivity index (χ3v) is 6.12. The number of amides is 1. The molecular weight excluding hydrogens is 356 g/mol. The predicted octanol–water partition coefficient (Wildman–Crippen LogP) is 1.65. The summed E-state index contributed by atoms with van der Waals surface area (Å²) in [7, 11) is -3.59. The van der Waals surface area contributed by atoms with Crippen molar-refractivity contribution in [3.05, 3.63) is 29.8 Å². The standard InChI is InChI=1S/C18H26N2O5S/c1-4-19-17(21)12-25-18(22)15-5-7-16(8-6-15)26(23,24)20-10-13(2)9-14(3)11-20/h5-8,13-14H,4,9-12H2,1-3H3,(H,19,21)/t13-,14-/m0/s1. The van der Waals surface area contributed by atoms with Gasteiger partial charge in [0.05, 0.1) is 10.5 Å². The smallest absolute Gasteiger partial charge is 0.338 e. The van der Waals surface area contributed by atoms with Crippen LogP contribution >= 0.6 is 0 Å². The fraction of sp³-hybridized carbons (Fsp3) is 0.556. The molecule has 0 aromatic heterocycles. The molecule has 1 saturated heterocycles. The first-order valence-electron chi connectivity index (χ1n) is 8.78. The van der Waals surface area contributed by atoms with Crippen LogP contribution in [0.5, 0.6) is 0 Å². The minimum Gasteiger partial charge on any atom is -0.452 e. The molecule has 1 amide bonds. The van der Waals surface area contributed by atoms with Gasteiger partial charge in [-0.2, -0.15) is 4.31 Å². The van der Waals surface area contributed by atoms with E-state index in [0.29, 0.717) is 31.5 Å². The Bertz CT molecular complexity index is 735. The van der Waals surface area contributed by atoms with Crippen LogP contribution in [-0.2, 0) is 19.6 Å². The van der Waals surface area contributed by atoms with Crippen LogP contribution in [0.1, 0.15) is 37.6 Å². The number of benzene rings is 1. The van der Waals surface area contributed by atoms with Crippen molar-refractivity contribution >= 4 is 21.9 Å². The second kappa shape index (κ2) is 8.64. The number of nitrogens with one attached hydrogen (secondary N) is 1. The summed E-state index contributed by atoms with van der Waals surface area (Å²) in [6.45, 7) is 6.96. The molecule has 1 aliphatic rings. The maximum Gasteiger partial charge on any atom is 0.338 e. The molecule has 1 aliphatic heterocycles. The maximum absolute atomic E-state index is 12.8. The average Bonchev–Trinajstić information content (AvgIpc) is 2.59. The van der Waals surface area contributed by atoms with E-state index in [1.165, 1.54) is 28.6 Å². The SMILES string of the molecule is CCNC(=O)COC(=O)c1ccc(S(=O)(=O)N2C[C@@H](C)C[C@H](C)C2)cc1. The first-order chi connectivity index (χ1) is 12.2. The number of ether oxygens (including phenoxy) is 1. The molecule has 1 N–H and O–H groups in total. The monoisotopic (exact) mass is 382 g/mol. The van der Waals surface area contributed by atoms with Crippen LogP contribution in [0, 0.1) is 11.8 Å². The van der Waals surface area contributed by atoms with E-state index in [9.17, 15) is 18.0 Å². The van der Waals surface area contributed by atoms with Gasteiger partial charge in [0.2, 0.25) is 10.0 Å². The van der Waals surface area contributed by atoms with Crippen molar-refractivity contribution in [1.29, 1.82) is 0 Å². The Hall–Kier alpha value is -1.93. The van der Waals surface area contributed by atoms with Gasteiger partial charge >= 0.3 is 5.97 Å². The summed E-state index contributed by atoms with van der Waals surface area (Å²) in [6.07, 6.45) is 1.02. The van der Waals surface area contributed by atoms with Crippen molar-refractivity contribution in [2.45, 2.75) is 32.1 Å². The predicted molar refractivity (Wildman–Crippen MR) is 97.1 cm³/mol. The molecule has 26 heavy (non-hydrogen) atoms. The van der Waals surface area contributed by atoms with Crippen LogP contribution in [0.25, 0.3) is 0 Å². The Kier molecular flexibility index (Phi) is 6.77. The van der Waals surface area contributed by atoms with Crippen molar-refractivity contribution in [3.63, 3.8) is 0 Å². The van der Waals surface area contributed by atoms with Crippen molar-refractivity contribution < 1.29 is 22.7 Å². The number of esters is 1. The number of likely N-dealkylation sites (N-methyl/N-ethyl adjacent to an activating group) is 1. The fourth-order valence-electron chi connectivity index (χ4n) is 3.18. The lowest BCUT2D eigenvalue weighted by Crippen LogP contribution is -2.42. The fourth-order valence-corrected chi connectivity index (χ4v) is 4.86. The molecule has 0 radical (unpaired) electrons. The minimum absolute atomic E-state index is 0.152. The van der Waals surface area contributed by atoms with Crippen LogP contribution in [-0.4, -0.2) is 50.8 Å². The molecule has 1 aromatic carbocycles. The van der Waals surface area contributed by atoms with Crippen LogP contribution < -0.4 is 5.32 Å². The van der Waals surface area contributed by atoms with Crippen molar-refractivity contribution in [2.24, 2.45) is 11.8 Å². The third-order valence-electron chi connectivity index (χ3n) is 4.27. The lowest BCUT2D eigenvalue weighted by atomic mass is 9.94. The summed E-state index contributed by atoms with van der Waals surface area (Å²) in [5, 5.41) is 2.52. The molecule has 0 bridgehead atoms. The molecule has 1 heterocycles. The summed E-state index contributed by atoms with van der Waals surface area (Å²) >= 11 is 0. The van der Waals surface area contributed by atoms with E-state index in [1.807, 2.05) is 13.8 Å². The Morgan fingerprint density at radius 3 is 2.27 bits per heavy atom. The molecule has 8 heteroatoms. The molecular formula is C18H26N2O5S. The second-order valence-electron chi connectivity index (χ2n) is 6.82. The number of hydrogen-bond acceptors (Lipinski definition) is 5. The van der Waals surface area contributed by atoms with E-state index in [-0.39, 0.29) is 23.0 Å². The summed E-state index contributed by atoms with van der Waals surface area (Å²) < 4.78 is 32.0. The lowest BCUT2D eigenvalue weighted by Gasteiger charge is -2.34. The number of hydrogen-bond donors (Lipinski definition) is 1. The topological polar surface area (TPSA) is 92.8 Å². The Labute approximate surface area is 154 Å². The van der Waals surface area contributed by atoms with Crippen LogP contribution in [0.2, 0.25) is 0 Å². The molecule has 0 saturated carbocycles. The van der Waals surface area contributed by atoms with Crippen molar-refractivity contribution in [2.75, 3.05) is 26.2 Å². The van der Waals surface area contributed by atoms with E-state index in [0.717, 1.165) is 6.42 Å². The molecule has 1 fully saturated rings. The number of nitrogens with zero attached hydrogens (tertiary/aromatic N) is 1. The molecule has 144 valence electrons. The summed E-state index contributed by atoms with van der Waals surface area (Å²) in [5.74, 6) is -0.414. The molecule has 1 aromatic rings. The number of rotatable bonds is 6. The lowest BCUT2D eigenvalue weighted by molar-refractivity contribution is -0.124. The second-order valence-corrected chi connectivity index (χ2v) is 8.76. The highest BCUT2D eigenvalue weighted by molar-refractivity contribution is 7.89. The first kappa shape index (κ1) is 20.4. The molecule has 2 atom stereocenters. The molecule has 0 unspecified atom stereocenters. The molecule has 0 aliphatic carbocycles. The van der Waals surface area contributed by atoms with Gasteiger partial charge in [-0.05, 0) is 49.4 Å². The molecule has 0 spiro atoms. The van der Waals surface area contributed by atoms with Gasteiger partial charge in [-0.15, -0.1) is 0 Å². The average molecular weight is 382 g/mol. The Balaban J connectivity index is 2.06. The highest BCUT2D eigenvalue weighted by atomic mass is 32.2. The van der Waals surface area contributed by atoms with Gasteiger partial charge in [0, 0.05) is 19.6 Å². The quantitative estimate of drug-likeness (QED) is 0.755. The van der Waals surface area contributed by atoms with Crippen LogP contribution in [0.4, 0.5) is 0 Å². The Morgan fingerprint density at radius 2 is 1.73 bits per heavy atom. The largest absolute Gasteiger partial charge is 0.452 e. The summed E-state index contributed by atoms with van der Waals surface area (Å²) in [4.78, 5) is 23.4. The first-order valence-corrected chi connectivity index (χ1v) is 10.2. The zero-order valence-corrected chi connectivity index (χ0v) is 16.2. The third kappa shape index (κ3) is 5.04. The molecule has 7 nitrogen and oxygen atoms in total. The van der Waals surface area contributed by atoms with Gasteiger partial charge in [0.15, 0.2) is 6.61 Å². The number of carbonyl (C=O) groups is 2. The molecule has 2 rings (SSSR count). The van der Waals surface area contributed by atoms with Crippen molar-refractivity contribution in [1.82, 2.24) is 9.62 Å². The van der Waals surface area contributed by atoms with E-state index in [1.54, 1.807) is 6.92 Å². The van der Waals surface area contributed by atoms with Gasteiger partial charge in [0.25, 0.3) is 5.91 Å². The number of sulfonamides is 1. The van der Waals surface area contributed by atoms with E-state index < -0.39 is 16.0 Å². The van der Waals surface area contributed by atoms with E-state index >= 15 is 0 Å². The van der Waals surface area contributed by atoms with Gasteiger partial charge in [-0.1, -0.05) is 13.8 Å². The minimum atomic E-state index is -3.59. The van der Waals surface area contributed by atoms with Gasteiger partial charge in [-0.25, -0.2) is 13.2 Å². The summed E-state index contributed by atoms with van der Waals surface area (Å²) in [6, 6.07) is 5.62. The normalized spacial score (nSPS) is 21.2. The Morgan fingerprint density at radius 1 is 1.15 bits per heavy atom. The van der Waals surface area contributed by atoms with Crippen LogP contribution in [0.15, 0.2) is 29.2 Å².